The Morgan fingerprint density at radius 1 is 1.38 bits per heavy atom. The summed E-state index contributed by atoms with van der Waals surface area (Å²) in [6, 6.07) is 4.74. The topological polar surface area (TPSA) is 26.0 Å². The molecule has 0 aliphatic carbocycles. The summed E-state index contributed by atoms with van der Waals surface area (Å²) in [7, 11) is 0. The van der Waals surface area contributed by atoms with Gasteiger partial charge in [0.05, 0.1) is 0 Å². The first-order valence-corrected chi connectivity index (χ1v) is 5.66. The van der Waals surface area contributed by atoms with E-state index in [-0.39, 0.29) is 6.04 Å². The van der Waals surface area contributed by atoms with E-state index in [4.69, 9.17) is 5.73 Å². The number of benzene rings is 1. The Morgan fingerprint density at radius 3 is 2.92 bits per heavy atom. The van der Waals surface area contributed by atoms with Crippen molar-refractivity contribution in [2.75, 3.05) is 5.75 Å². The van der Waals surface area contributed by atoms with E-state index >= 15 is 0 Å². The molecule has 1 atom stereocenters. The van der Waals surface area contributed by atoms with Gasteiger partial charge in [-0.1, -0.05) is 6.07 Å². The first-order valence-electron chi connectivity index (χ1n) is 4.68. The second kappa shape index (κ2) is 3.35. The molecule has 0 fully saturated rings. The third-order valence-electron chi connectivity index (χ3n) is 2.55. The van der Waals surface area contributed by atoms with Gasteiger partial charge in [-0.15, -0.1) is 11.8 Å². The summed E-state index contributed by atoms with van der Waals surface area (Å²) in [6.45, 7) is 4.31. The standard InChI is InChI=1S/C11H15NS/c1-7-5-8(2)11-9(12)3-4-13-10(11)6-7/h5-6,9H,3-4,12H2,1-2H3. The first-order chi connectivity index (χ1) is 6.18. The second-order valence-corrected chi connectivity index (χ2v) is 4.87. The number of aryl methyl sites for hydroxylation is 2. The number of rotatable bonds is 0. The highest BCUT2D eigenvalue weighted by Crippen LogP contribution is 2.37. The summed E-state index contributed by atoms with van der Waals surface area (Å²) >= 11 is 1.94. The zero-order chi connectivity index (χ0) is 9.42. The van der Waals surface area contributed by atoms with Crippen LogP contribution in [0, 0.1) is 13.8 Å². The highest BCUT2D eigenvalue weighted by Gasteiger charge is 2.19. The van der Waals surface area contributed by atoms with Gasteiger partial charge in [0, 0.05) is 10.9 Å². The van der Waals surface area contributed by atoms with E-state index in [9.17, 15) is 0 Å². The van der Waals surface area contributed by atoms with E-state index in [0.29, 0.717) is 0 Å². The second-order valence-electron chi connectivity index (χ2n) is 3.74. The summed E-state index contributed by atoms with van der Waals surface area (Å²) in [5.41, 5.74) is 10.2. The van der Waals surface area contributed by atoms with Gasteiger partial charge in [0.2, 0.25) is 0 Å². The van der Waals surface area contributed by atoms with E-state index in [1.54, 1.807) is 0 Å². The Hall–Kier alpha value is -0.470. The lowest BCUT2D eigenvalue weighted by atomic mass is 9.98. The lowest BCUT2D eigenvalue weighted by Gasteiger charge is -2.24. The van der Waals surface area contributed by atoms with Crippen molar-refractivity contribution in [3.8, 4) is 0 Å². The summed E-state index contributed by atoms with van der Waals surface area (Å²) in [5.74, 6) is 1.16. The summed E-state index contributed by atoms with van der Waals surface area (Å²) < 4.78 is 0. The van der Waals surface area contributed by atoms with Gasteiger partial charge in [-0.05, 0) is 48.8 Å². The molecule has 1 nitrogen and oxygen atoms in total. The fraction of sp³-hybridized carbons (Fsp3) is 0.455. The Morgan fingerprint density at radius 2 is 2.15 bits per heavy atom. The van der Waals surface area contributed by atoms with Crippen LogP contribution in [0.5, 0.6) is 0 Å². The quantitative estimate of drug-likeness (QED) is 0.685. The SMILES string of the molecule is Cc1cc(C)c2c(c1)SCCC2N. The van der Waals surface area contributed by atoms with Crippen LogP contribution in [0.2, 0.25) is 0 Å². The average Bonchev–Trinajstić information content (AvgIpc) is 2.02. The fourth-order valence-corrected chi connectivity index (χ4v) is 3.30. The minimum Gasteiger partial charge on any atom is -0.324 e. The van der Waals surface area contributed by atoms with Gasteiger partial charge in [0.15, 0.2) is 0 Å². The number of thioether (sulfide) groups is 1. The first kappa shape index (κ1) is 9.10. The maximum Gasteiger partial charge on any atom is 0.0316 e. The zero-order valence-electron chi connectivity index (χ0n) is 8.13. The van der Waals surface area contributed by atoms with Crippen molar-refractivity contribution < 1.29 is 0 Å². The zero-order valence-corrected chi connectivity index (χ0v) is 8.95. The lowest BCUT2D eigenvalue weighted by Crippen LogP contribution is -2.17. The van der Waals surface area contributed by atoms with Crippen LogP contribution >= 0.6 is 11.8 Å². The van der Waals surface area contributed by atoms with Crippen molar-refractivity contribution in [3.05, 3.63) is 28.8 Å². The lowest BCUT2D eigenvalue weighted by molar-refractivity contribution is 0.674. The maximum absolute atomic E-state index is 6.08. The van der Waals surface area contributed by atoms with E-state index in [0.717, 1.165) is 12.2 Å². The molecule has 1 aliphatic heterocycles. The normalized spacial score (nSPS) is 21.3. The molecule has 2 rings (SSSR count). The molecular weight excluding hydrogens is 178 g/mol. The van der Waals surface area contributed by atoms with Crippen molar-refractivity contribution in [2.45, 2.75) is 31.2 Å². The molecular formula is C11H15NS. The highest BCUT2D eigenvalue weighted by molar-refractivity contribution is 7.99. The van der Waals surface area contributed by atoms with Crippen LogP contribution in [0.3, 0.4) is 0 Å². The molecule has 0 amide bonds. The molecule has 2 heteroatoms. The molecule has 70 valence electrons. The Bertz CT molecular complexity index is 333. The molecule has 0 saturated carbocycles. The van der Waals surface area contributed by atoms with Gasteiger partial charge in [-0.2, -0.15) is 0 Å². The van der Waals surface area contributed by atoms with Gasteiger partial charge in [0.25, 0.3) is 0 Å². The maximum atomic E-state index is 6.08. The summed E-state index contributed by atoms with van der Waals surface area (Å²) in [6.07, 6.45) is 1.11. The van der Waals surface area contributed by atoms with Gasteiger partial charge in [0.1, 0.15) is 0 Å². The van der Waals surface area contributed by atoms with Crippen molar-refractivity contribution in [1.29, 1.82) is 0 Å². The van der Waals surface area contributed by atoms with E-state index in [1.807, 2.05) is 11.8 Å². The van der Waals surface area contributed by atoms with Crippen LogP contribution in [0.25, 0.3) is 0 Å². The Balaban J connectivity index is 2.56. The smallest absolute Gasteiger partial charge is 0.0316 e. The molecule has 0 aromatic heterocycles. The third-order valence-corrected chi connectivity index (χ3v) is 3.64. The number of nitrogens with two attached hydrogens (primary N) is 1. The number of fused-ring (bicyclic) bond motifs is 1. The number of hydrogen-bond acceptors (Lipinski definition) is 2. The Labute approximate surface area is 83.7 Å². The van der Waals surface area contributed by atoms with Crippen LogP contribution < -0.4 is 5.73 Å². The molecule has 1 aliphatic rings. The Kier molecular flexibility index (Phi) is 2.35. The molecule has 1 unspecified atom stereocenters. The van der Waals surface area contributed by atoms with Crippen LogP contribution in [0.1, 0.15) is 29.2 Å². The fourth-order valence-electron chi connectivity index (χ4n) is 1.97. The van der Waals surface area contributed by atoms with Crippen molar-refractivity contribution >= 4 is 11.8 Å². The van der Waals surface area contributed by atoms with Crippen molar-refractivity contribution in [3.63, 3.8) is 0 Å². The summed E-state index contributed by atoms with van der Waals surface area (Å²) in [4.78, 5) is 1.40. The highest BCUT2D eigenvalue weighted by atomic mass is 32.2. The molecule has 0 radical (unpaired) electrons. The molecule has 1 aromatic carbocycles. The third kappa shape index (κ3) is 1.61. The van der Waals surface area contributed by atoms with Crippen LogP contribution in [-0.2, 0) is 0 Å². The molecule has 2 N–H and O–H groups in total. The minimum atomic E-state index is 0.261. The monoisotopic (exact) mass is 193 g/mol. The predicted molar refractivity (Wildman–Crippen MR) is 58.2 cm³/mol. The van der Waals surface area contributed by atoms with Gasteiger partial charge >= 0.3 is 0 Å². The molecule has 0 spiro atoms. The van der Waals surface area contributed by atoms with E-state index < -0.39 is 0 Å². The molecule has 0 saturated heterocycles. The number of hydrogen-bond donors (Lipinski definition) is 1. The van der Waals surface area contributed by atoms with Crippen LogP contribution in [0.15, 0.2) is 17.0 Å². The summed E-state index contributed by atoms with van der Waals surface area (Å²) in [5, 5.41) is 0. The van der Waals surface area contributed by atoms with Crippen LogP contribution in [0.4, 0.5) is 0 Å². The van der Waals surface area contributed by atoms with Crippen LogP contribution in [-0.4, -0.2) is 5.75 Å². The minimum absolute atomic E-state index is 0.261. The van der Waals surface area contributed by atoms with Gasteiger partial charge in [-0.3, -0.25) is 0 Å². The molecule has 1 heterocycles. The van der Waals surface area contributed by atoms with E-state index in [2.05, 4.69) is 26.0 Å². The van der Waals surface area contributed by atoms with E-state index in [1.165, 1.54) is 21.6 Å². The van der Waals surface area contributed by atoms with Crippen molar-refractivity contribution in [2.24, 2.45) is 5.73 Å². The van der Waals surface area contributed by atoms with Gasteiger partial charge < -0.3 is 5.73 Å². The van der Waals surface area contributed by atoms with Crippen molar-refractivity contribution in [1.82, 2.24) is 0 Å². The molecule has 0 bridgehead atoms. The average molecular weight is 193 g/mol. The molecule has 13 heavy (non-hydrogen) atoms. The van der Waals surface area contributed by atoms with Gasteiger partial charge in [-0.25, -0.2) is 0 Å². The molecule has 1 aromatic rings. The largest absolute Gasteiger partial charge is 0.324 e. The predicted octanol–water partition coefficient (Wildman–Crippen LogP) is 2.80.